The Hall–Kier alpha value is -4.16. The number of amides is 1. The van der Waals surface area contributed by atoms with Gasteiger partial charge in [0.1, 0.15) is 12.2 Å². The number of methoxy groups -OCH3 is 2. The number of benzene rings is 1. The molecule has 1 aliphatic rings. The van der Waals surface area contributed by atoms with Crippen molar-refractivity contribution in [3.63, 3.8) is 0 Å². The third kappa shape index (κ3) is 7.27. The van der Waals surface area contributed by atoms with Crippen molar-refractivity contribution in [3.8, 4) is 17.2 Å². The highest BCUT2D eigenvalue weighted by Crippen LogP contribution is 2.32. The van der Waals surface area contributed by atoms with Gasteiger partial charge >= 0.3 is 6.09 Å². The molecule has 216 valence electrons. The lowest BCUT2D eigenvalue weighted by atomic mass is 9.97. The summed E-state index contributed by atoms with van der Waals surface area (Å²) in [6.45, 7) is 7.20. The molecule has 11 nitrogen and oxygen atoms in total. The van der Waals surface area contributed by atoms with Gasteiger partial charge in [-0.25, -0.2) is 23.5 Å². The fourth-order valence-electron chi connectivity index (χ4n) is 4.22. The lowest BCUT2D eigenvalue weighted by molar-refractivity contribution is 0.0177. The number of hydrogen-bond acceptors (Lipinski definition) is 9. The van der Waals surface area contributed by atoms with Gasteiger partial charge in [-0.05, 0) is 39.5 Å². The summed E-state index contributed by atoms with van der Waals surface area (Å²) >= 11 is 0. The Morgan fingerprint density at radius 1 is 1.05 bits per heavy atom. The molecule has 40 heavy (non-hydrogen) atoms. The van der Waals surface area contributed by atoms with Crippen LogP contribution in [0.25, 0.3) is 0 Å². The topological polar surface area (TPSA) is 113 Å². The largest absolute Gasteiger partial charge is 0.494 e. The smallest absolute Gasteiger partial charge is 0.410 e. The predicted octanol–water partition coefficient (Wildman–Crippen LogP) is 4.94. The van der Waals surface area contributed by atoms with Gasteiger partial charge in [-0.3, -0.25) is 4.68 Å². The molecule has 4 rings (SSSR count). The van der Waals surface area contributed by atoms with Crippen molar-refractivity contribution in [3.05, 3.63) is 48.1 Å². The molecule has 0 atom stereocenters. The van der Waals surface area contributed by atoms with E-state index in [2.05, 4.69) is 20.4 Å². The minimum absolute atomic E-state index is 0.153. The van der Waals surface area contributed by atoms with Crippen molar-refractivity contribution < 1.29 is 32.5 Å². The van der Waals surface area contributed by atoms with Crippen LogP contribution in [0, 0.1) is 17.6 Å². The SMILES string of the molecule is COc1cc(OC)c(F)c(COc2cnc(Nc3cnn(CC4CCN(C(=O)OC(C)(C)C)CC4)c3)nc2)c1F. The summed E-state index contributed by atoms with van der Waals surface area (Å²) < 4.78 is 51.8. The summed E-state index contributed by atoms with van der Waals surface area (Å²) in [5, 5.41) is 7.48. The molecule has 0 bridgehead atoms. The second-order valence-corrected chi connectivity index (χ2v) is 10.4. The maximum absolute atomic E-state index is 14.5. The molecule has 1 N–H and O–H groups in total. The number of likely N-dealkylation sites (tertiary alicyclic amines) is 1. The number of aromatic nitrogens is 4. The van der Waals surface area contributed by atoms with Crippen molar-refractivity contribution in [2.45, 2.75) is 52.4 Å². The maximum atomic E-state index is 14.5. The zero-order chi connectivity index (χ0) is 28.9. The molecule has 0 unspecified atom stereocenters. The summed E-state index contributed by atoms with van der Waals surface area (Å²) in [6, 6.07) is 1.13. The first-order valence-electron chi connectivity index (χ1n) is 12.9. The van der Waals surface area contributed by atoms with Crippen LogP contribution in [-0.4, -0.2) is 63.7 Å². The van der Waals surface area contributed by atoms with E-state index in [0.29, 0.717) is 30.6 Å². The molecule has 3 aromatic rings. The fourth-order valence-corrected chi connectivity index (χ4v) is 4.22. The van der Waals surface area contributed by atoms with Gasteiger partial charge in [0.2, 0.25) is 5.95 Å². The average Bonchev–Trinajstić information content (AvgIpc) is 3.35. The normalized spacial score (nSPS) is 14.1. The highest BCUT2D eigenvalue weighted by Gasteiger charge is 2.27. The minimum atomic E-state index is -0.870. The molecule has 3 heterocycles. The molecule has 0 saturated carbocycles. The predicted molar refractivity (Wildman–Crippen MR) is 142 cm³/mol. The van der Waals surface area contributed by atoms with Crippen LogP contribution < -0.4 is 19.5 Å². The van der Waals surface area contributed by atoms with E-state index in [1.54, 1.807) is 11.1 Å². The van der Waals surface area contributed by atoms with Crippen LogP contribution in [0.15, 0.2) is 30.9 Å². The first kappa shape index (κ1) is 28.8. The molecule has 1 aromatic carbocycles. The Kier molecular flexibility index (Phi) is 8.90. The molecule has 1 aliphatic heterocycles. The van der Waals surface area contributed by atoms with E-state index in [4.69, 9.17) is 18.9 Å². The van der Waals surface area contributed by atoms with E-state index in [1.165, 1.54) is 26.6 Å². The zero-order valence-corrected chi connectivity index (χ0v) is 23.2. The number of piperidine rings is 1. The molecular weight excluding hydrogens is 526 g/mol. The quantitative estimate of drug-likeness (QED) is 0.389. The Balaban J connectivity index is 1.27. The van der Waals surface area contributed by atoms with Gasteiger partial charge in [0.15, 0.2) is 28.9 Å². The number of carbonyl (C=O) groups excluding carboxylic acids is 1. The Bertz CT molecular complexity index is 1280. The molecule has 1 fully saturated rings. The summed E-state index contributed by atoms with van der Waals surface area (Å²) in [5.41, 5.74) is -0.137. The van der Waals surface area contributed by atoms with E-state index in [-0.39, 0.29) is 28.9 Å². The molecule has 1 saturated heterocycles. The number of rotatable bonds is 9. The standard InChI is InChI=1S/C27H34F2N6O5/c1-27(2,3)40-26(36)34-8-6-17(7-9-34)14-35-15-18(11-32-35)33-25-30-12-19(13-31-25)39-16-20-23(28)21(37-4)10-22(38-5)24(20)29/h10-13,15,17H,6-9,14,16H2,1-5H3,(H,30,31,33). The summed E-state index contributed by atoms with van der Waals surface area (Å²) in [5.74, 6) is -1.13. The van der Waals surface area contributed by atoms with Gasteiger partial charge in [-0.1, -0.05) is 0 Å². The number of nitrogens with zero attached hydrogens (tertiary/aromatic N) is 5. The first-order chi connectivity index (χ1) is 19.1. The number of anilines is 2. The van der Waals surface area contributed by atoms with E-state index < -0.39 is 23.8 Å². The van der Waals surface area contributed by atoms with Crippen LogP contribution in [0.5, 0.6) is 17.2 Å². The molecular formula is C27H34F2N6O5. The number of carbonyl (C=O) groups is 1. The summed E-state index contributed by atoms with van der Waals surface area (Å²) in [7, 11) is 2.56. The van der Waals surface area contributed by atoms with E-state index >= 15 is 0 Å². The van der Waals surface area contributed by atoms with Crippen molar-refractivity contribution in [2.75, 3.05) is 32.6 Å². The van der Waals surface area contributed by atoms with Gasteiger partial charge in [0.25, 0.3) is 0 Å². The minimum Gasteiger partial charge on any atom is -0.494 e. The Labute approximate surface area is 231 Å². The van der Waals surface area contributed by atoms with Gasteiger partial charge in [0.05, 0.1) is 44.1 Å². The first-order valence-corrected chi connectivity index (χ1v) is 12.9. The van der Waals surface area contributed by atoms with Crippen LogP contribution in [0.1, 0.15) is 39.2 Å². The van der Waals surface area contributed by atoms with Crippen LogP contribution in [0.2, 0.25) is 0 Å². The van der Waals surface area contributed by atoms with Gasteiger partial charge in [0, 0.05) is 31.9 Å². The van der Waals surface area contributed by atoms with Crippen molar-refractivity contribution >= 4 is 17.7 Å². The number of halogens is 2. The Morgan fingerprint density at radius 3 is 2.25 bits per heavy atom. The number of ether oxygens (including phenoxy) is 4. The summed E-state index contributed by atoms with van der Waals surface area (Å²) in [6.07, 6.45) is 7.77. The molecule has 1 amide bonds. The third-order valence-electron chi connectivity index (χ3n) is 6.28. The van der Waals surface area contributed by atoms with E-state index in [0.717, 1.165) is 25.5 Å². The molecule has 13 heteroatoms. The van der Waals surface area contributed by atoms with Crippen LogP contribution >= 0.6 is 0 Å². The maximum Gasteiger partial charge on any atom is 0.410 e. The molecule has 0 aliphatic carbocycles. The molecule has 2 aromatic heterocycles. The zero-order valence-electron chi connectivity index (χ0n) is 23.2. The average molecular weight is 561 g/mol. The second kappa shape index (κ2) is 12.3. The van der Waals surface area contributed by atoms with Crippen LogP contribution in [0.4, 0.5) is 25.2 Å². The van der Waals surface area contributed by atoms with Crippen molar-refractivity contribution in [1.82, 2.24) is 24.6 Å². The van der Waals surface area contributed by atoms with Crippen LogP contribution in [0.3, 0.4) is 0 Å². The lowest BCUT2D eigenvalue weighted by Crippen LogP contribution is -2.42. The molecule has 0 spiro atoms. The van der Waals surface area contributed by atoms with Crippen molar-refractivity contribution in [1.29, 1.82) is 0 Å². The highest BCUT2D eigenvalue weighted by molar-refractivity contribution is 5.68. The lowest BCUT2D eigenvalue weighted by Gasteiger charge is -2.33. The third-order valence-corrected chi connectivity index (χ3v) is 6.28. The second-order valence-electron chi connectivity index (χ2n) is 10.4. The fraction of sp³-hybridized carbons (Fsp3) is 0.481. The molecule has 0 radical (unpaired) electrons. The van der Waals surface area contributed by atoms with Gasteiger partial charge in [-0.2, -0.15) is 5.10 Å². The van der Waals surface area contributed by atoms with Crippen molar-refractivity contribution in [2.24, 2.45) is 5.92 Å². The Morgan fingerprint density at radius 2 is 1.68 bits per heavy atom. The monoisotopic (exact) mass is 560 g/mol. The van der Waals surface area contributed by atoms with E-state index in [9.17, 15) is 13.6 Å². The van der Waals surface area contributed by atoms with E-state index in [1.807, 2.05) is 31.6 Å². The number of nitrogens with one attached hydrogen (secondary N) is 1. The van der Waals surface area contributed by atoms with Gasteiger partial charge in [-0.15, -0.1) is 0 Å². The number of hydrogen-bond donors (Lipinski definition) is 1. The summed E-state index contributed by atoms with van der Waals surface area (Å²) in [4.78, 5) is 22.4. The highest BCUT2D eigenvalue weighted by atomic mass is 19.1. The van der Waals surface area contributed by atoms with Gasteiger partial charge < -0.3 is 29.2 Å². The van der Waals surface area contributed by atoms with Crippen LogP contribution in [-0.2, 0) is 17.9 Å².